The summed E-state index contributed by atoms with van der Waals surface area (Å²) in [6.45, 7) is 0. The van der Waals surface area contributed by atoms with Gasteiger partial charge in [-0.05, 0) is 45.8 Å². The maximum Gasteiger partial charge on any atom is 0.194 e. The van der Waals surface area contributed by atoms with Crippen LogP contribution in [-0.2, 0) is 0 Å². The van der Waals surface area contributed by atoms with E-state index in [9.17, 15) is 9.59 Å². The van der Waals surface area contributed by atoms with Gasteiger partial charge in [-0.1, -0.05) is 45.7 Å². The summed E-state index contributed by atoms with van der Waals surface area (Å²) in [5.41, 5.74) is 1.13. The van der Waals surface area contributed by atoms with Crippen molar-refractivity contribution in [3.63, 3.8) is 0 Å². The molecule has 5 rings (SSSR count). The number of benzene rings is 3. The molecule has 0 radical (unpaired) electrons. The highest BCUT2D eigenvalue weighted by molar-refractivity contribution is 9.10. The molecule has 0 saturated carbocycles. The molecule has 4 heteroatoms. The highest BCUT2D eigenvalue weighted by Crippen LogP contribution is 2.32. The van der Waals surface area contributed by atoms with E-state index in [4.69, 9.17) is 0 Å². The minimum absolute atomic E-state index is 0.0251. The van der Waals surface area contributed by atoms with Gasteiger partial charge in [0.1, 0.15) is 7.85 Å². The fraction of sp³-hybridized carbons (Fsp3) is 0. The van der Waals surface area contributed by atoms with Gasteiger partial charge < -0.3 is 0 Å². The van der Waals surface area contributed by atoms with Crippen molar-refractivity contribution in [1.82, 2.24) is 0 Å². The standard InChI is InChI=1S/C20H10BBrO2/c21-9-1-3-11-13-7-18-14(8-17(13)19(23)15(11)5-9)12-4-2-10(22)6-16(12)20(18)24/h1-8H,21H2. The Bertz CT molecular complexity index is 1300. The fourth-order valence-electron chi connectivity index (χ4n) is 3.73. The van der Waals surface area contributed by atoms with Crippen LogP contribution in [0.15, 0.2) is 62.6 Å². The van der Waals surface area contributed by atoms with Crippen molar-refractivity contribution in [3.05, 3.63) is 73.5 Å². The van der Waals surface area contributed by atoms with Crippen molar-refractivity contribution < 1.29 is 0 Å². The molecule has 0 aliphatic heterocycles. The predicted octanol–water partition coefficient (Wildman–Crippen LogP) is 2.92. The summed E-state index contributed by atoms with van der Waals surface area (Å²) < 4.78 is 0.881. The first-order valence-corrected chi connectivity index (χ1v) is 8.52. The third-order valence-corrected chi connectivity index (χ3v) is 5.37. The van der Waals surface area contributed by atoms with Crippen LogP contribution >= 0.6 is 15.9 Å². The molecule has 0 aromatic heterocycles. The molecule has 0 spiro atoms. The van der Waals surface area contributed by atoms with Gasteiger partial charge in [0.2, 0.25) is 0 Å². The summed E-state index contributed by atoms with van der Waals surface area (Å²) in [6, 6.07) is 15.4. The first kappa shape index (κ1) is 13.9. The summed E-state index contributed by atoms with van der Waals surface area (Å²) >= 11 is 3.42. The number of fused-ring (bicyclic) bond motifs is 6. The number of rotatable bonds is 0. The van der Waals surface area contributed by atoms with Crippen LogP contribution in [-0.4, -0.2) is 7.85 Å². The summed E-state index contributed by atoms with van der Waals surface area (Å²) in [6.07, 6.45) is 0. The van der Waals surface area contributed by atoms with Crippen molar-refractivity contribution in [2.45, 2.75) is 0 Å². The van der Waals surface area contributed by atoms with E-state index in [1.54, 1.807) is 0 Å². The Balaban J connectivity index is 2.08. The average Bonchev–Trinajstić information content (AvgIpc) is 2.99. The Morgan fingerprint density at radius 1 is 0.583 bits per heavy atom. The van der Waals surface area contributed by atoms with Crippen LogP contribution in [0.1, 0.15) is 0 Å². The smallest absolute Gasteiger partial charge is 0.194 e. The first-order valence-electron chi connectivity index (χ1n) is 7.73. The van der Waals surface area contributed by atoms with E-state index < -0.39 is 0 Å². The third-order valence-electron chi connectivity index (χ3n) is 4.87. The second-order valence-electron chi connectivity index (χ2n) is 6.34. The molecule has 5 aromatic carbocycles. The molecule has 0 N–H and O–H groups in total. The van der Waals surface area contributed by atoms with Gasteiger partial charge in [-0.3, -0.25) is 9.59 Å². The molecule has 0 aliphatic rings. The van der Waals surface area contributed by atoms with Crippen molar-refractivity contribution in [3.8, 4) is 0 Å². The summed E-state index contributed by atoms with van der Waals surface area (Å²) in [7, 11) is 1.98. The van der Waals surface area contributed by atoms with E-state index in [2.05, 4.69) is 15.9 Å². The molecule has 0 unspecified atom stereocenters. The normalized spacial score (nSPS) is 12.0. The molecule has 0 bridgehead atoms. The summed E-state index contributed by atoms with van der Waals surface area (Å²) in [5.74, 6) is 0. The molecular weight excluding hydrogens is 363 g/mol. The second-order valence-corrected chi connectivity index (χ2v) is 7.26. The molecular formula is C20H10BBrO2. The first-order chi connectivity index (χ1) is 11.5. The molecule has 0 aliphatic carbocycles. The Morgan fingerprint density at radius 2 is 1.08 bits per heavy atom. The minimum atomic E-state index is 0.0251. The monoisotopic (exact) mass is 372 g/mol. The lowest BCUT2D eigenvalue weighted by molar-refractivity contribution is 1.74. The molecule has 0 heterocycles. The van der Waals surface area contributed by atoms with Gasteiger partial charge in [-0.2, -0.15) is 0 Å². The molecule has 0 fully saturated rings. The molecule has 0 amide bonds. The van der Waals surface area contributed by atoms with E-state index in [1.807, 2.05) is 56.4 Å². The summed E-state index contributed by atoms with van der Waals surface area (Å²) in [4.78, 5) is 25.6. The molecule has 5 aromatic rings. The van der Waals surface area contributed by atoms with Crippen molar-refractivity contribution in [2.24, 2.45) is 0 Å². The highest BCUT2D eigenvalue weighted by Gasteiger charge is 2.16. The Morgan fingerprint density at radius 3 is 1.71 bits per heavy atom. The van der Waals surface area contributed by atoms with Crippen LogP contribution < -0.4 is 16.3 Å². The van der Waals surface area contributed by atoms with Crippen molar-refractivity contribution in [1.29, 1.82) is 0 Å². The topological polar surface area (TPSA) is 34.1 Å². The van der Waals surface area contributed by atoms with Crippen LogP contribution in [0.5, 0.6) is 0 Å². The largest absolute Gasteiger partial charge is 0.289 e. The van der Waals surface area contributed by atoms with Crippen LogP contribution in [0.2, 0.25) is 0 Å². The van der Waals surface area contributed by atoms with E-state index in [1.165, 1.54) is 0 Å². The zero-order valence-corrected chi connectivity index (χ0v) is 14.4. The molecule has 112 valence electrons. The highest BCUT2D eigenvalue weighted by atomic mass is 79.9. The molecule has 24 heavy (non-hydrogen) atoms. The van der Waals surface area contributed by atoms with Crippen LogP contribution in [0, 0.1) is 0 Å². The van der Waals surface area contributed by atoms with Gasteiger partial charge in [-0.15, -0.1) is 0 Å². The lowest BCUT2D eigenvalue weighted by Gasteiger charge is -1.95. The van der Waals surface area contributed by atoms with Crippen LogP contribution in [0.3, 0.4) is 0 Å². The fourth-order valence-corrected chi connectivity index (χ4v) is 4.09. The maximum atomic E-state index is 12.8. The Kier molecular flexibility index (Phi) is 2.64. The molecule has 0 saturated heterocycles. The zero-order valence-electron chi connectivity index (χ0n) is 12.8. The third kappa shape index (κ3) is 1.66. The SMILES string of the molecule is Bc1ccc2c(c1)c(=O)c1cc3c(cc12)c(=O)c1cc(Br)ccc13. The Labute approximate surface area is 145 Å². The van der Waals surface area contributed by atoms with E-state index >= 15 is 0 Å². The quantitative estimate of drug-likeness (QED) is 0.392. The van der Waals surface area contributed by atoms with E-state index in [0.717, 1.165) is 36.9 Å². The van der Waals surface area contributed by atoms with Crippen LogP contribution in [0.4, 0.5) is 0 Å². The molecule has 0 atom stereocenters. The lowest BCUT2D eigenvalue weighted by Crippen LogP contribution is -2.03. The second kappa shape index (κ2) is 4.55. The minimum Gasteiger partial charge on any atom is -0.289 e. The van der Waals surface area contributed by atoms with Gasteiger partial charge in [0.15, 0.2) is 10.9 Å². The number of halogens is 1. The molecule has 2 nitrogen and oxygen atoms in total. The van der Waals surface area contributed by atoms with Gasteiger partial charge in [0.05, 0.1) is 0 Å². The zero-order chi connectivity index (χ0) is 16.6. The van der Waals surface area contributed by atoms with Crippen LogP contribution in [0.25, 0.3) is 43.1 Å². The van der Waals surface area contributed by atoms with Crippen molar-refractivity contribution in [2.75, 3.05) is 0 Å². The van der Waals surface area contributed by atoms with Gasteiger partial charge in [0.25, 0.3) is 0 Å². The van der Waals surface area contributed by atoms with Gasteiger partial charge in [0, 0.05) is 26.0 Å². The Hall–Kier alpha value is -2.46. The summed E-state index contributed by atoms with van der Waals surface area (Å²) in [5, 5.41) is 6.36. The van der Waals surface area contributed by atoms with Gasteiger partial charge in [-0.25, -0.2) is 0 Å². The van der Waals surface area contributed by atoms with E-state index in [0.29, 0.717) is 16.2 Å². The van der Waals surface area contributed by atoms with E-state index in [-0.39, 0.29) is 10.9 Å². The average molecular weight is 373 g/mol. The predicted molar refractivity (Wildman–Crippen MR) is 107 cm³/mol. The number of hydrogen-bond donors (Lipinski definition) is 0. The maximum absolute atomic E-state index is 12.8. The number of hydrogen-bond acceptors (Lipinski definition) is 2. The lowest BCUT2D eigenvalue weighted by atomic mass is 9.94. The van der Waals surface area contributed by atoms with Gasteiger partial charge >= 0.3 is 0 Å². The van der Waals surface area contributed by atoms with Crippen molar-refractivity contribution >= 4 is 72.3 Å².